The van der Waals surface area contributed by atoms with Crippen LogP contribution in [0.4, 0.5) is 0 Å². The van der Waals surface area contributed by atoms with Crippen LogP contribution in [0.1, 0.15) is 78.1 Å². The molecule has 0 aromatic heterocycles. The summed E-state index contributed by atoms with van der Waals surface area (Å²) in [5.74, 6) is 1.25. The second-order valence-corrected chi connectivity index (χ2v) is 5.20. The van der Waals surface area contributed by atoms with Crippen molar-refractivity contribution in [3.63, 3.8) is 0 Å². The molecule has 1 nitrogen and oxygen atoms in total. The maximum Gasteiger partial charge on any atom is 0.0926 e. The largest absolute Gasteiger partial charge is 0.496 e. The molecule has 0 unspecified atom stereocenters. The van der Waals surface area contributed by atoms with E-state index in [1.165, 1.54) is 63.5 Å². The van der Waals surface area contributed by atoms with E-state index in [1.54, 1.807) is 0 Å². The van der Waals surface area contributed by atoms with Crippen molar-refractivity contribution in [2.75, 3.05) is 0 Å². The Morgan fingerprint density at radius 1 is 0.875 bits per heavy atom. The third kappa shape index (κ3) is 6.92. The number of ether oxygens (including phenoxy) is 1. The smallest absolute Gasteiger partial charge is 0.0926 e. The van der Waals surface area contributed by atoms with Crippen molar-refractivity contribution in [3.8, 4) is 0 Å². The normalized spacial score (nSPS) is 24.1. The summed E-state index contributed by atoms with van der Waals surface area (Å²) >= 11 is 0. The van der Waals surface area contributed by atoms with Crippen LogP contribution >= 0.6 is 0 Å². The molecule has 0 fully saturated rings. The fourth-order valence-corrected chi connectivity index (χ4v) is 2.28. The lowest BCUT2D eigenvalue weighted by Gasteiger charge is -2.14. The minimum absolute atomic E-state index is 0.333. The molecule has 94 valence electrons. The molecule has 0 saturated heterocycles. The Bertz CT molecular complexity index is 194. The molecular weight excluding hydrogens is 196 g/mol. The van der Waals surface area contributed by atoms with Gasteiger partial charge in [0.15, 0.2) is 0 Å². The average molecular weight is 224 g/mol. The van der Waals surface area contributed by atoms with Crippen LogP contribution in [0.25, 0.3) is 0 Å². The van der Waals surface area contributed by atoms with Gasteiger partial charge in [-0.25, -0.2) is 0 Å². The zero-order chi connectivity index (χ0) is 11.6. The predicted octanol–water partition coefficient (Wildman–Crippen LogP) is 5.21. The van der Waals surface area contributed by atoms with Crippen LogP contribution in [0.2, 0.25) is 0 Å². The average Bonchev–Trinajstić information content (AvgIpc) is 2.21. The van der Waals surface area contributed by atoms with Gasteiger partial charge in [-0.05, 0) is 39.2 Å². The summed E-state index contributed by atoms with van der Waals surface area (Å²) in [5.41, 5.74) is 0. The van der Waals surface area contributed by atoms with Crippen molar-refractivity contribution in [1.82, 2.24) is 0 Å². The summed E-state index contributed by atoms with van der Waals surface area (Å²) in [6.45, 7) is 4.24. The van der Waals surface area contributed by atoms with Gasteiger partial charge in [0.25, 0.3) is 0 Å². The molecule has 1 aliphatic rings. The summed E-state index contributed by atoms with van der Waals surface area (Å²) in [4.78, 5) is 0. The predicted molar refractivity (Wildman–Crippen MR) is 70.5 cm³/mol. The van der Waals surface area contributed by atoms with Crippen molar-refractivity contribution < 1.29 is 4.74 Å². The molecule has 0 atom stereocenters. The Hall–Kier alpha value is -0.460. The Kier molecular flexibility index (Phi) is 7.37. The Morgan fingerprint density at radius 3 is 2.06 bits per heavy atom. The van der Waals surface area contributed by atoms with Crippen LogP contribution in [0, 0.1) is 0 Å². The molecule has 0 radical (unpaired) electrons. The van der Waals surface area contributed by atoms with Gasteiger partial charge in [-0.15, -0.1) is 0 Å². The molecule has 1 aliphatic carbocycles. The molecule has 0 spiro atoms. The molecule has 0 saturated carbocycles. The highest BCUT2D eigenvalue weighted by Crippen LogP contribution is 2.18. The first-order valence-corrected chi connectivity index (χ1v) is 7.15. The third-order valence-electron chi connectivity index (χ3n) is 3.14. The summed E-state index contributed by atoms with van der Waals surface area (Å²) in [6, 6.07) is 0. The molecule has 0 aliphatic heterocycles. The molecule has 0 amide bonds. The molecule has 0 heterocycles. The highest BCUT2D eigenvalue weighted by Gasteiger charge is 2.03. The van der Waals surface area contributed by atoms with Crippen LogP contribution in [0.5, 0.6) is 0 Å². The van der Waals surface area contributed by atoms with Gasteiger partial charge in [0.2, 0.25) is 0 Å². The van der Waals surface area contributed by atoms with Gasteiger partial charge in [0.1, 0.15) is 0 Å². The van der Waals surface area contributed by atoms with E-state index in [4.69, 9.17) is 4.74 Å². The van der Waals surface area contributed by atoms with Crippen molar-refractivity contribution >= 4 is 0 Å². The van der Waals surface area contributed by atoms with E-state index in [2.05, 4.69) is 19.9 Å². The number of hydrogen-bond donors (Lipinski definition) is 0. The van der Waals surface area contributed by atoms with E-state index in [9.17, 15) is 0 Å². The highest BCUT2D eigenvalue weighted by atomic mass is 16.5. The molecule has 1 rings (SSSR count). The summed E-state index contributed by atoms with van der Waals surface area (Å²) in [5, 5.41) is 0. The van der Waals surface area contributed by atoms with Gasteiger partial charge >= 0.3 is 0 Å². The lowest BCUT2D eigenvalue weighted by atomic mass is 10.0. The fraction of sp³-hybridized carbons (Fsp3) is 0.867. The van der Waals surface area contributed by atoms with Gasteiger partial charge in [0.05, 0.1) is 11.9 Å². The van der Waals surface area contributed by atoms with Gasteiger partial charge in [-0.2, -0.15) is 0 Å². The SMILES string of the molecule is CC(C)O/C1=C/CCCCCCCCCC1. The first kappa shape index (κ1) is 13.6. The minimum Gasteiger partial charge on any atom is -0.496 e. The van der Waals surface area contributed by atoms with E-state index < -0.39 is 0 Å². The van der Waals surface area contributed by atoms with Gasteiger partial charge in [0, 0.05) is 6.42 Å². The van der Waals surface area contributed by atoms with Crippen molar-refractivity contribution in [1.29, 1.82) is 0 Å². The lowest BCUT2D eigenvalue weighted by Crippen LogP contribution is -2.03. The second-order valence-electron chi connectivity index (χ2n) is 5.20. The van der Waals surface area contributed by atoms with E-state index in [0.29, 0.717) is 6.10 Å². The molecule has 16 heavy (non-hydrogen) atoms. The maximum absolute atomic E-state index is 5.86. The molecule has 0 bridgehead atoms. The Balaban J connectivity index is 2.37. The van der Waals surface area contributed by atoms with E-state index in [1.807, 2.05) is 0 Å². The number of allylic oxidation sites excluding steroid dienone is 2. The van der Waals surface area contributed by atoms with Crippen LogP contribution in [-0.2, 0) is 4.74 Å². The topological polar surface area (TPSA) is 9.23 Å². The van der Waals surface area contributed by atoms with Gasteiger partial charge in [-0.3, -0.25) is 0 Å². The van der Waals surface area contributed by atoms with Crippen LogP contribution in [0.15, 0.2) is 11.8 Å². The lowest BCUT2D eigenvalue weighted by molar-refractivity contribution is 0.137. The van der Waals surface area contributed by atoms with Gasteiger partial charge in [-0.1, -0.05) is 38.5 Å². The zero-order valence-electron chi connectivity index (χ0n) is 11.1. The van der Waals surface area contributed by atoms with Crippen LogP contribution < -0.4 is 0 Å². The minimum atomic E-state index is 0.333. The third-order valence-corrected chi connectivity index (χ3v) is 3.14. The Labute approximate surface area is 101 Å². The molecular formula is C15H28O. The van der Waals surface area contributed by atoms with Crippen LogP contribution in [0.3, 0.4) is 0 Å². The first-order chi connectivity index (χ1) is 7.79. The van der Waals surface area contributed by atoms with Gasteiger partial charge < -0.3 is 4.74 Å². The molecule has 0 N–H and O–H groups in total. The van der Waals surface area contributed by atoms with Crippen LogP contribution in [-0.4, -0.2) is 6.10 Å². The molecule has 0 aromatic rings. The van der Waals surface area contributed by atoms with Crippen molar-refractivity contribution in [2.45, 2.75) is 84.2 Å². The van der Waals surface area contributed by atoms with E-state index in [-0.39, 0.29) is 0 Å². The Morgan fingerprint density at radius 2 is 1.44 bits per heavy atom. The standard InChI is InChI=1S/C15H28O/c1-14(2)16-15-12-10-8-6-4-3-5-7-9-11-13-15/h12,14H,3-11,13H2,1-2H3/b15-12+. The number of rotatable bonds is 2. The monoisotopic (exact) mass is 224 g/mol. The summed E-state index contributed by atoms with van der Waals surface area (Å²) < 4.78 is 5.86. The zero-order valence-corrected chi connectivity index (χ0v) is 11.1. The molecule has 1 heteroatoms. The van der Waals surface area contributed by atoms with Crippen molar-refractivity contribution in [2.24, 2.45) is 0 Å². The molecule has 0 aromatic carbocycles. The van der Waals surface area contributed by atoms with E-state index in [0.717, 1.165) is 6.42 Å². The van der Waals surface area contributed by atoms with Crippen molar-refractivity contribution in [3.05, 3.63) is 11.8 Å². The quantitative estimate of drug-likeness (QED) is 0.625. The second kappa shape index (κ2) is 8.66. The first-order valence-electron chi connectivity index (χ1n) is 7.15. The summed E-state index contributed by atoms with van der Waals surface area (Å²) in [6.07, 6.45) is 16.2. The highest BCUT2D eigenvalue weighted by molar-refractivity contribution is 4.93. The summed E-state index contributed by atoms with van der Waals surface area (Å²) in [7, 11) is 0. The van der Waals surface area contributed by atoms with E-state index >= 15 is 0 Å². The number of hydrogen-bond acceptors (Lipinski definition) is 1. The fourth-order valence-electron chi connectivity index (χ4n) is 2.28. The maximum atomic E-state index is 5.86.